The third-order valence-corrected chi connectivity index (χ3v) is 2.51. The van der Waals surface area contributed by atoms with E-state index in [1.165, 1.54) is 12.1 Å². The van der Waals surface area contributed by atoms with Gasteiger partial charge in [-0.25, -0.2) is 0 Å². The van der Waals surface area contributed by atoms with Crippen molar-refractivity contribution in [3.05, 3.63) is 29.8 Å². The predicted octanol–water partition coefficient (Wildman–Crippen LogP) is 3.91. The van der Waals surface area contributed by atoms with Gasteiger partial charge >= 0.3 is 6.61 Å². The van der Waals surface area contributed by atoms with Gasteiger partial charge < -0.3 is 4.74 Å². The van der Waals surface area contributed by atoms with Crippen LogP contribution in [0.25, 0.3) is 0 Å². The maximum atomic E-state index is 12.0. The molecule has 4 heteroatoms. The molecule has 1 rings (SSSR count). The van der Waals surface area contributed by atoms with Gasteiger partial charge in [-0.05, 0) is 18.6 Å². The third kappa shape index (κ3) is 4.13. The summed E-state index contributed by atoms with van der Waals surface area (Å²) in [6.07, 6.45) is 1.71. The molecule has 1 aromatic carbocycles. The molecular formula is C13H16F2O2. The molecule has 0 aliphatic carbocycles. The number of rotatable bonds is 6. The quantitative estimate of drug-likeness (QED) is 0.707. The molecule has 94 valence electrons. The van der Waals surface area contributed by atoms with Gasteiger partial charge in [0.1, 0.15) is 5.75 Å². The molecule has 0 amide bonds. The minimum absolute atomic E-state index is 0.0227. The lowest BCUT2D eigenvalue weighted by atomic mass is 9.95. The van der Waals surface area contributed by atoms with E-state index in [1.54, 1.807) is 12.1 Å². The van der Waals surface area contributed by atoms with Crippen LogP contribution in [0, 0.1) is 5.92 Å². The van der Waals surface area contributed by atoms with Crippen LogP contribution in [0.3, 0.4) is 0 Å². The molecule has 0 saturated heterocycles. The van der Waals surface area contributed by atoms with Crippen molar-refractivity contribution in [2.24, 2.45) is 5.92 Å². The molecule has 0 bridgehead atoms. The maximum Gasteiger partial charge on any atom is 0.387 e. The molecule has 0 aliphatic rings. The van der Waals surface area contributed by atoms with Crippen LogP contribution in [0.4, 0.5) is 8.78 Å². The predicted molar refractivity (Wildman–Crippen MR) is 61.5 cm³/mol. The van der Waals surface area contributed by atoms with E-state index in [0.717, 1.165) is 12.8 Å². The zero-order valence-electron chi connectivity index (χ0n) is 9.95. The Morgan fingerprint density at radius 2 is 2.12 bits per heavy atom. The van der Waals surface area contributed by atoms with Gasteiger partial charge in [-0.1, -0.05) is 32.4 Å². The third-order valence-electron chi connectivity index (χ3n) is 2.51. The first-order chi connectivity index (χ1) is 8.04. The van der Waals surface area contributed by atoms with Crippen molar-refractivity contribution in [3.8, 4) is 5.75 Å². The lowest BCUT2D eigenvalue weighted by Crippen LogP contribution is -2.11. The van der Waals surface area contributed by atoms with E-state index in [4.69, 9.17) is 0 Å². The average molecular weight is 242 g/mol. The zero-order chi connectivity index (χ0) is 12.8. The largest absolute Gasteiger partial charge is 0.435 e. The number of ether oxygens (including phenoxy) is 1. The van der Waals surface area contributed by atoms with E-state index in [0.29, 0.717) is 5.56 Å². The SMILES string of the molecule is CCCC(C)C(=O)c1cccc(OC(F)F)c1. The molecule has 1 aromatic rings. The van der Waals surface area contributed by atoms with E-state index in [2.05, 4.69) is 4.74 Å². The average Bonchev–Trinajstić information content (AvgIpc) is 2.28. The Hall–Kier alpha value is -1.45. The number of carbonyl (C=O) groups is 1. The monoisotopic (exact) mass is 242 g/mol. The molecule has 0 spiro atoms. The Bertz CT molecular complexity index is 377. The number of ketones is 1. The smallest absolute Gasteiger partial charge is 0.387 e. The van der Waals surface area contributed by atoms with Gasteiger partial charge in [0, 0.05) is 11.5 Å². The fourth-order valence-corrected chi connectivity index (χ4v) is 1.67. The molecule has 0 aliphatic heterocycles. The summed E-state index contributed by atoms with van der Waals surface area (Å²) in [4.78, 5) is 11.9. The summed E-state index contributed by atoms with van der Waals surface area (Å²) in [7, 11) is 0. The second-order valence-corrected chi connectivity index (χ2v) is 3.96. The molecule has 0 fully saturated rings. The van der Waals surface area contributed by atoms with Crippen LogP contribution in [-0.4, -0.2) is 12.4 Å². The first-order valence-corrected chi connectivity index (χ1v) is 5.63. The van der Waals surface area contributed by atoms with Crippen molar-refractivity contribution in [2.45, 2.75) is 33.3 Å². The Kier molecular flexibility index (Phi) is 5.07. The minimum atomic E-state index is -2.87. The van der Waals surface area contributed by atoms with Crippen molar-refractivity contribution >= 4 is 5.78 Å². The van der Waals surface area contributed by atoms with Gasteiger partial charge in [-0.15, -0.1) is 0 Å². The van der Waals surface area contributed by atoms with Crippen molar-refractivity contribution in [3.63, 3.8) is 0 Å². The van der Waals surface area contributed by atoms with Gasteiger partial charge in [-0.2, -0.15) is 8.78 Å². The molecule has 1 unspecified atom stereocenters. The summed E-state index contributed by atoms with van der Waals surface area (Å²) in [5.41, 5.74) is 0.420. The molecule has 0 heterocycles. The fourth-order valence-electron chi connectivity index (χ4n) is 1.67. The van der Waals surface area contributed by atoms with E-state index in [1.807, 2.05) is 13.8 Å². The van der Waals surface area contributed by atoms with Gasteiger partial charge in [0.15, 0.2) is 5.78 Å². The normalized spacial score (nSPS) is 12.5. The van der Waals surface area contributed by atoms with Gasteiger partial charge in [0.25, 0.3) is 0 Å². The number of carbonyl (C=O) groups excluding carboxylic acids is 1. The maximum absolute atomic E-state index is 12.0. The zero-order valence-corrected chi connectivity index (χ0v) is 9.95. The highest BCUT2D eigenvalue weighted by molar-refractivity contribution is 5.97. The first kappa shape index (κ1) is 13.6. The summed E-state index contributed by atoms with van der Waals surface area (Å²) in [5, 5.41) is 0. The number of hydrogen-bond donors (Lipinski definition) is 0. The van der Waals surface area contributed by atoms with Crippen LogP contribution < -0.4 is 4.74 Å². The minimum Gasteiger partial charge on any atom is -0.435 e. The summed E-state index contributed by atoms with van der Waals surface area (Å²) in [6.45, 7) is 0.973. The van der Waals surface area contributed by atoms with Crippen molar-refractivity contribution < 1.29 is 18.3 Å². The first-order valence-electron chi connectivity index (χ1n) is 5.63. The van der Waals surface area contributed by atoms with Gasteiger partial charge in [0.2, 0.25) is 0 Å². The summed E-state index contributed by atoms with van der Waals surface area (Å²) >= 11 is 0. The van der Waals surface area contributed by atoms with Gasteiger partial charge in [0.05, 0.1) is 0 Å². The number of Topliss-reactive ketones (excluding diaryl/α,β-unsaturated/α-hetero) is 1. The van der Waals surface area contributed by atoms with Crippen LogP contribution >= 0.6 is 0 Å². The summed E-state index contributed by atoms with van der Waals surface area (Å²) in [6, 6.07) is 5.94. The van der Waals surface area contributed by atoms with Crippen LogP contribution in [0.1, 0.15) is 37.0 Å². The Morgan fingerprint density at radius 1 is 1.41 bits per heavy atom. The molecule has 17 heavy (non-hydrogen) atoms. The van der Waals surface area contributed by atoms with E-state index in [9.17, 15) is 13.6 Å². The van der Waals surface area contributed by atoms with Crippen molar-refractivity contribution in [1.29, 1.82) is 0 Å². The second-order valence-electron chi connectivity index (χ2n) is 3.96. The summed E-state index contributed by atoms with van der Waals surface area (Å²) < 4.78 is 28.3. The highest BCUT2D eigenvalue weighted by Gasteiger charge is 2.15. The Labute approximate surface area is 99.6 Å². The van der Waals surface area contributed by atoms with E-state index in [-0.39, 0.29) is 17.5 Å². The Balaban J connectivity index is 2.80. The van der Waals surface area contributed by atoms with Crippen LogP contribution in [0.15, 0.2) is 24.3 Å². The lowest BCUT2D eigenvalue weighted by Gasteiger charge is -2.10. The molecule has 0 radical (unpaired) electrons. The van der Waals surface area contributed by atoms with E-state index < -0.39 is 6.61 Å². The topological polar surface area (TPSA) is 26.3 Å². The standard InChI is InChI=1S/C13H16F2O2/c1-3-5-9(2)12(16)10-6-4-7-11(8-10)17-13(14)15/h4,6-9,13H,3,5H2,1-2H3. The van der Waals surface area contributed by atoms with Crippen LogP contribution in [0.5, 0.6) is 5.75 Å². The van der Waals surface area contributed by atoms with Crippen LogP contribution in [0.2, 0.25) is 0 Å². The van der Waals surface area contributed by atoms with Crippen molar-refractivity contribution in [2.75, 3.05) is 0 Å². The van der Waals surface area contributed by atoms with Gasteiger partial charge in [-0.3, -0.25) is 4.79 Å². The highest BCUT2D eigenvalue weighted by Crippen LogP contribution is 2.20. The number of halogens is 2. The molecule has 0 N–H and O–H groups in total. The van der Waals surface area contributed by atoms with Crippen molar-refractivity contribution in [1.82, 2.24) is 0 Å². The number of benzene rings is 1. The highest BCUT2D eigenvalue weighted by atomic mass is 19.3. The molecule has 0 saturated carbocycles. The molecule has 0 aromatic heterocycles. The fraction of sp³-hybridized carbons (Fsp3) is 0.462. The second kappa shape index (κ2) is 6.33. The summed E-state index contributed by atoms with van der Waals surface area (Å²) in [5.74, 6) is -0.108. The molecule has 2 nitrogen and oxygen atoms in total. The number of hydrogen-bond acceptors (Lipinski definition) is 2. The Morgan fingerprint density at radius 3 is 2.71 bits per heavy atom. The number of alkyl halides is 2. The molecule has 1 atom stereocenters. The van der Waals surface area contributed by atoms with Crippen LogP contribution in [-0.2, 0) is 0 Å². The molecular weight excluding hydrogens is 226 g/mol. The van der Waals surface area contributed by atoms with E-state index >= 15 is 0 Å². The lowest BCUT2D eigenvalue weighted by molar-refractivity contribution is -0.0498.